The second-order valence-electron chi connectivity index (χ2n) is 5.70. The van der Waals surface area contributed by atoms with E-state index >= 15 is 0 Å². The standard InChI is InChI=1S/C19H20O7/c1-22-10-5-12(20)19-13(21)8-15(26-18(19)6-10)11-7-16(24-3)17(25-4)9-14(11)23-2/h5-7,9,15,20H,8H2,1-4H3. The van der Waals surface area contributed by atoms with E-state index in [4.69, 9.17) is 23.7 Å². The summed E-state index contributed by atoms with van der Waals surface area (Å²) in [5.41, 5.74) is 0.799. The van der Waals surface area contributed by atoms with Crippen molar-refractivity contribution in [3.8, 4) is 34.5 Å². The first-order valence-corrected chi connectivity index (χ1v) is 7.93. The molecule has 3 rings (SSSR count). The Hall–Kier alpha value is -3.09. The zero-order valence-corrected chi connectivity index (χ0v) is 15.0. The summed E-state index contributed by atoms with van der Waals surface area (Å²) >= 11 is 0. The minimum Gasteiger partial charge on any atom is -0.507 e. The van der Waals surface area contributed by atoms with Crippen molar-refractivity contribution >= 4 is 5.78 Å². The van der Waals surface area contributed by atoms with Gasteiger partial charge < -0.3 is 28.8 Å². The lowest BCUT2D eigenvalue weighted by Crippen LogP contribution is -2.21. The van der Waals surface area contributed by atoms with E-state index in [1.807, 2.05) is 0 Å². The highest BCUT2D eigenvalue weighted by Gasteiger charge is 2.33. The molecule has 1 N–H and O–H groups in total. The summed E-state index contributed by atoms with van der Waals surface area (Å²) in [6.45, 7) is 0. The van der Waals surface area contributed by atoms with Gasteiger partial charge in [-0.1, -0.05) is 0 Å². The second kappa shape index (κ2) is 7.03. The number of phenols is 1. The number of ether oxygens (including phenoxy) is 5. The SMILES string of the molecule is COc1cc(O)c2c(c1)OC(c1cc(OC)c(OC)cc1OC)CC2=O. The van der Waals surface area contributed by atoms with E-state index in [9.17, 15) is 9.90 Å². The molecule has 0 aromatic heterocycles. The summed E-state index contributed by atoms with van der Waals surface area (Å²) in [5.74, 6) is 1.79. The van der Waals surface area contributed by atoms with E-state index in [0.29, 0.717) is 28.6 Å². The van der Waals surface area contributed by atoms with Crippen LogP contribution in [0.5, 0.6) is 34.5 Å². The number of phenolic OH excluding ortho intramolecular Hbond substituents is 1. The van der Waals surface area contributed by atoms with Gasteiger partial charge in [0.25, 0.3) is 0 Å². The number of benzene rings is 2. The summed E-state index contributed by atoms with van der Waals surface area (Å²) < 4.78 is 27.2. The fraction of sp³-hybridized carbons (Fsp3) is 0.316. The largest absolute Gasteiger partial charge is 0.507 e. The minimum atomic E-state index is -0.601. The number of Topliss-reactive ketones (excluding diaryl/α,β-unsaturated/α-hetero) is 1. The lowest BCUT2D eigenvalue weighted by molar-refractivity contribution is 0.0841. The van der Waals surface area contributed by atoms with Crippen LogP contribution in [0.3, 0.4) is 0 Å². The minimum absolute atomic E-state index is 0.0543. The van der Waals surface area contributed by atoms with E-state index in [2.05, 4.69) is 0 Å². The van der Waals surface area contributed by atoms with Crippen LogP contribution in [0.15, 0.2) is 24.3 Å². The van der Waals surface area contributed by atoms with E-state index < -0.39 is 6.10 Å². The molecule has 1 heterocycles. The molecule has 0 saturated carbocycles. The number of hydrogen-bond donors (Lipinski definition) is 1. The molecule has 1 aliphatic heterocycles. The Kier molecular flexibility index (Phi) is 4.79. The van der Waals surface area contributed by atoms with Crippen molar-refractivity contribution in [1.82, 2.24) is 0 Å². The maximum Gasteiger partial charge on any atom is 0.174 e. The molecule has 0 fully saturated rings. The normalized spacial score (nSPS) is 15.7. The van der Waals surface area contributed by atoms with Gasteiger partial charge in [0.15, 0.2) is 17.3 Å². The first-order valence-electron chi connectivity index (χ1n) is 7.93. The Labute approximate surface area is 151 Å². The Balaban J connectivity index is 2.07. The topological polar surface area (TPSA) is 83.5 Å². The first kappa shape index (κ1) is 17.7. The summed E-state index contributed by atoms with van der Waals surface area (Å²) in [6, 6.07) is 6.37. The fourth-order valence-corrected chi connectivity index (χ4v) is 3.01. The van der Waals surface area contributed by atoms with E-state index in [1.54, 1.807) is 18.2 Å². The Morgan fingerprint density at radius 3 is 2.19 bits per heavy atom. The molecule has 138 valence electrons. The van der Waals surface area contributed by atoms with Gasteiger partial charge in [0.05, 0.1) is 34.9 Å². The van der Waals surface area contributed by atoms with Crippen LogP contribution in [0.25, 0.3) is 0 Å². The molecular weight excluding hydrogens is 340 g/mol. The maximum atomic E-state index is 12.6. The predicted octanol–water partition coefficient (Wildman–Crippen LogP) is 3.13. The van der Waals surface area contributed by atoms with E-state index in [1.165, 1.54) is 34.5 Å². The molecule has 0 saturated heterocycles. The number of aromatic hydroxyl groups is 1. The molecule has 7 heteroatoms. The third-order valence-corrected chi connectivity index (χ3v) is 4.29. The molecular formula is C19H20O7. The first-order chi connectivity index (χ1) is 12.5. The molecule has 0 bridgehead atoms. The van der Waals surface area contributed by atoms with Crippen LogP contribution < -0.4 is 23.7 Å². The number of rotatable bonds is 5. The molecule has 0 spiro atoms. The predicted molar refractivity (Wildman–Crippen MR) is 93.1 cm³/mol. The van der Waals surface area contributed by atoms with Crippen molar-refractivity contribution in [2.24, 2.45) is 0 Å². The van der Waals surface area contributed by atoms with Crippen molar-refractivity contribution in [3.05, 3.63) is 35.4 Å². The van der Waals surface area contributed by atoms with Gasteiger partial charge >= 0.3 is 0 Å². The smallest absolute Gasteiger partial charge is 0.174 e. The number of methoxy groups -OCH3 is 4. The van der Waals surface area contributed by atoms with Gasteiger partial charge in [-0.2, -0.15) is 0 Å². The third-order valence-electron chi connectivity index (χ3n) is 4.29. The number of carbonyl (C=O) groups excluding carboxylic acids is 1. The van der Waals surface area contributed by atoms with Gasteiger partial charge in [-0.3, -0.25) is 4.79 Å². The Morgan fingerprint density at radius 1 is 0.923 bits per heavy atom. The van der Waals surface area contributed by atoms with Gasteiger partial charge in [0, 0.05) is 23.8 Å². The third kappa shape index (κ3) is 2.96. The highest BCUT2D eigenvalue weighted by molar-refractivity contribution is 6.02. The zero-order chi connectivity index (χ0) is 18.8. The molecule has 7 nitrogen and oxygen atoms in total. The molecule has 0 radical (unpaired) electrons. The van der Waals surface area contributed by atoms with Crippen LogP contribution in [0.2, 0.25) is 0 Å². The molecule has 26 heavy (non-hydrogen) atoms. The van der Waals surface area contributed by atoms with Crippen molar-refractivity contribution in [3.63, 3.8) is 0 Å². The van der Waals surface area contributed by atoms with Crippen LogP contribution in [-0.4, -0.2) is 39.3 Å². The molecule has 2 aromatic carbocycles. The van der Waals surface area contributed by atoms with Crippen LogP contribution >= 0.6 is 0 Å². The van der Waals surface area contributed by atoms with Crippen molar-refractivity contribution in [2.45, 2.75) is 12.5 Å². The van der Waals surface area contributed by atoms with Crippen LogP contribution in [0.4, 0.5) is 0 Å². The highest BCUT2D eigenvalue weighted by Crippen LogP contribution is 2.45. The molecule has 0 amide bonds. The molecule has 1 unspecified atom stereocenters. The molecule has 2 aromatic rings. The summed E-state index contributed by atoms with van der Waals surface area (Å²) in [6.07, 6.45) is -0.546. The van der Waals surface area contributed by atoms with Gasteiger partial charge in [0.1, 0.15) is 34.7 Å². The number of carbonyl (C=O) groups is 1. The number of hydrogen-bond acceptors (Lipinski definition) is 7. The molecule has 0 aliphatic carbocycles. The zero-order valence-electron chi connectivity index (χ0n) is 15.0. The summed E-state index contributed by atoms with van der Waals surface area (Å²) in [4.78, 5) is 12.6. The van der Waals surface area contributed by atoms with E-state index in [0.717, 1.165) is 0 Å². The summed E-state index contributed by atoms with van der Waals surface area (Å²) in [7, 11) is 6.06. The number of fused-ring (bicyclic) bond motifs is 1. The van der Waals surface area contributed by atoms with Gasteiger partial charge in [0.2, 0.25) is 0 Å². The van der Waals surface area contributed by atoms with Crippen LogP contribution in [0.1, 0.15) is 28.4 Å². The van der Waals surface area contributed by atoms with Crippen molar-refractivity contribution in [1.29, 1.82) is 0 Å². The molecule has 1 atom stereocenters. The van der Waals surface area contributed by atoms with Crippen molar-refractivity contribution < 1.29 is 33.6 Å². The summed E-state index contributed by atoms with van der Waals surface area (Å²) in [5, 5.41) is 10.1. The average Bonchev–Trinajstić information content (AvgIpc) is 2.65. The molecule has 1 aliphatic rings. The van der Waals surface area contributed by atoms with Crippen LogP contribution in [-0.2, 0) is 0 Å². The Bertz CT molecular complexity index is 844. The van der Waals surface area contributed by atoms with Crippen LogP contribution in [0, 0.1) is 0 Å². The fourth-order valence-electron chi connectivity index (χ4n) is 3.01. The quantitative estimate of drug-likeness (QED) is 0.877. The second-order valence-corrected chi connectivity index (χ2v) is 5.70. The Morgan fingerprint density at radius 2 is 1.58 bits per heavy atom. The van der Waals surface area contributed by atoms with Gasteiger partial charge in [-0.05, 0) is 6.07 Å². The lowest BCUT2D eigenvalue weighted by atomic mass is 9.94. The maximum absolute atomic E-state index is 12.6. The average molecular weight is 360 g/mol. The van der Waals surface area contributed by atoms with Gasteiger partial charge in [-0.25, -0.2) is 0 Å². The van der Waals surface area contributed by atoms with Gasteiger partial charge in [-0.15, -0.1) is 0 Å². The van der Waals surface area contributed by atoms with Crippen molar-refractivity contribution in [2.75, 3.05) is 28.4 Å². The monoisotopic (exact) mass is 360 g/mol. The highest BCUT2D eigenvalue weighted by atomic mass is 16.5. The van der Waals surface area contributed by atoms with E-state index in [-0.39, 0.29) is 29.3 Å². The lowest BCUT2D eigenvalue weighted by Gasteiger charge is -2.28. The number of ketones is 1.